The second kappa shape index (κ2) is 7.72. The Morgan fingerprint density at radius 3 is 1.96 bits per heavy atom. The number of nitrogens with zero attached hydrogens (tertiary/aromatic N) is 1. The van der Waals surface area contributed by atoms with Gasteiger partial charge in [0.05, 0.1) is 16.6 Å². The van der Waals surface area contributed by atoms with Crippen LogP contribution in [0.25, 0.3) is 0 Å². The summed E-state index contributed by atoms with van der Waals surface area (Å²) in [5.41, 5.74) is 1.68. The molecule has 0 heterocycles. The number of hydrogen-bond donors (Lipinski definition) is 0. The zero-order valence-electron chi connectivity index (χ0n) is 15.9. The van der Waals surface area contributed by atoms with Crippen molar-refractivity contribution in [2.75, 3.05) is 4.31 Å². The Morgan fingerprint density at radius 2 is 1.39 bits per heavy atom. The Morgan fingerprint density at radius 1 is 0.821 bits per heavy atom. The molecule has 0 unspecified atom stereocenters. The van der Waals surface area contributed by atoms with E-state index in [4.69, 9.17) is 0 Å². The third kappa shape index (κ3) is 3.78. The predicted molar refractivity (Wildman–Crippen MR) is 107 cm³/mol. The second-order valence-corrected chi connectivity index (χ2v) is 8.55. The summed E-state index contributed by atoms with van der Waals surface area (Å²) < 4.78 is 56.3. The fraction of sp³-hybridized carbons (Fsp3) is 0.182. The van der Waals surface area contributed by atoms with Crippen LogP contribution in [0, 0.1) is 25.5 Å². The van der Waals surface area contributed by atoms with Crippen LogP contribution in [-0.2, 0) is 10.0 Å². The third-order valence-corrected chi connectivity index (χ3v) is 6.64. The lowest BCUT2D eigenvalue weighted by Crippen LogP contribution is -2.34. The van der Waals surface area contributed by atoms with Crippen LogP contribution in [0.4, 0.5) is 14.5 Å². The zero-order chi connectivity index (χ0) is 20.5. The van der Waals surface area contributed by atoms with Gasteiger partial charge in [-0.2, -0.15) is 0 Å². The molecule has 0 saturated heterocycles. The van der Waals surface area contributed by atoms with Gasteiger partial charge in [-0.3, -0.25) is 4.31 Å². The van der Waals surface area contributed by atoms with E-state index < -0.39 is 27.7 Å². The van der Waals surface area contributed by atoms with Crippen molar-refractivity contribution < 1.29 is 17.2 Å². The monoisotopic (exact) mass is 401 g/mol. The van der Waals surface area contributed by atoms with Gasteiger partial charge in [-0.25, -0.2) is 17.2 Å². The lowest BCUT2D eigenvalue weighted by atomic mass is 10.1. The minimum absolute atomic E-state index is 0.181. The maximum absolute atomic E-state index is 14.2. The summed E-state index contributed by atoms with van der Waals surface area (Å²) in [7, 11) is -4.14. The van der Waals surface area contributed by atoms with Crippen molar-refractivity contribution in [1.82, 2.24) is 0 Å². The van der Waals surface area contributed by atoms with Crippen molar-refractivity contribution in [3.8, 4) is 0 Å². The predicted octanol–water partition coefficient (Wildman–Crippen LogP) is 5.54. The fourth-order valence-electron chi connectivity index (χ4n) is 3.00. The summed E-state index contributed by atoms with van der Waals surface area (Å²) >= 11 is 0. The van der Waals surface area contributed by atoms with Gasteiger partial charge < -0.3 is 0 Å². The van der Waals surface area contributed by atoms with Gasteiger partial charge >= 0.3 is 0 Å². The molecule has 28 heavy (non-hydrogen) atoms. The first-order valence-electron chi connectivity index (χ1n) is 8.83. The molecule has 3 aromatic rings. The molecule has 0 aromatic heterocycles. The van der Waals surface area contributed by atoms with Crippen molar-refractivity contribution in [2.24, 2.45) is 0 Å². The molecule has 0 amide bonds. The molecule has 3 nitrogen and oxygen atoms in total. The van der Waals surface area contributed by atoms with E-state index in [0.29, 0.717) is 11.1 Å². The standard InChI is InChI=1S/C22H21F2NO2S/c1-15-9-11-19(13-21(15)23)25(17(3)18-7-5-4-6-8-18)28(26,27)20-12-10-16(2)22(24)14-20/h4-14,17H,1-3H3/t17-/m1/s1. The molecular formula is C22H21F2NO2S. The van der Waals surface area contributed by atoms with Gasteiger partial charge in [0, 0.05) is 0 Å². The molecule has 0 saturated carbocycles. The third-order valence-electron chi connectivity index (χ3n) is 4.74. The highest BCUT2D eigenvalue weighted by atomic mass is 32.2. The largest absolute Gasteiger partial charge is 0.264 e. The summed E-state index contributed by atoms with van der Waals surface area (Å²) in [6.07, 6.45) is 0. The fourth-order valence-corrected chi connectivity index (χ4v) is 4.65. The van der Waals surface area contributed by atoms with Crippen LogP contribution in [-0.4, -0.2) is 8.42 Å². The normalized spacial score (nSPS) is 12.6. The van der Waals surface area contributed by atoms with E-state index in [1.54, 1.807) is 51.1 Å². The van der Waals surface area contributed by atoms with E-state index in [2.05, 4.69) is 0 Å². The SMILES string of the molecule is Cc1ccc(N([C@H](C)c2ccccc2)S(=O)(=O)c2ccc(C)c(F)c2)cc1F. The van der Waals surface area contributed by atoms with E-state index in [0.717, 1.165) is 15.9 Å². The molecule has 3 aromatic carbocycles. The number of hydrogen-bond acceptors (Lipinski definition) is 2. The minimum atomic E-state index is -4.14. The molecule has 0 radical (unpaired) electrons. The van der Waals surface area contributed by atoms with Crippen LogP contribution in [0.1, 0.15) is 29.7 Å². The lowest BCUT2D eigenvalue weighted by molar-refractivity contribution is 0.577. The van der Waals surface area contributed by atoms with E-state index >= 15 is 0 Å². The molecule has 1 atom stereocenters. The van der Waals surface area contributed by atoms with Crippen molar-refractivity contribution in [3.05, 3.63) is 95.1 Å². The maximum Gasteiger partial charge on any atom is 0.264 e. The first-order chi connectivity index (χ1) is 13.2. The summed E-state index contributed by atoms with van der Waals surface area (Å²) in [5.74, 6) is -1.11. The van der Waals surface area contributed by atoms with Gasteiger partial charge in [0.15, 0.2) is 0 Å². The molecule has 0 fully saturated rings. The number of benzene rings is 3. The number of anilines is 1. The van der Waals surface area contributed by atoms with Crippen LogP contribution in [0.2, 0.25) is 0 Å². The van der Waals surface area contributed by atoms with Gasteiger partial charge in [-0.05, 0) is 61.7 Å². The molecule has 0 aliphatic rings. The van der Waals surface area contributed by atoms with Crippen molar-refractivity contribution in [3.63, 3.8) is 0 Å². The van der Waals surface area contributed by atoms with Crippen LogP contribution in [0.5, 0.6) is 0 Å². The average molecular weight is 401 g/mol. The zero-order valence-corrected chi connectivity index (χ0v) is 16.7. The van der Waals surface area contributed by atoms with Crippen molar-refractivity contribution in [1.29, 1.82) is 0 Å². The minimum Gasteiger partial charge on any atom is -0.259 e. The van der Waals surface area contributed by atoms with Gasteiger partial charge in [0.1, 0.15) is 11.6 Å². The van der Waals surface area contributed by atoms with Crippen LogP contribution >= 0.6 is 0 Å². The van der Waals surface area contributed by atoms with Crippen molar-refractivity contribution >= 4 is 15.7 Å². The first-order valence-corrected chi connectivity index (χ1v) is 10.3. The summed E-state index contributed by atoms with van der Waals surface area (Å²) in [5, 5.41) is 0. The smallest absolute Gasteiger partial charge is 0.259 e. The number of rotatable bonds is 5. The van der Waals surface area contributed by atoms with Gasteiger partial charge in [-0.15, -0.1) is 0 Å². The second-order valence-electron chi connectivity index (χ2n) is 6.73. The lowest BCUT2D eigenvalue weighted by Gasteiger charge is -2.31. The Balaban J connectivity index is 2.19. The van der Waals surface area contributed by atoms with Crippen LogP contribution < -0.4 is 4.31 Å². The van der Waals surface area contributed by atoms with Gasteiger partial charge in [0.2, 0.25) is 0 Å². The molecule has 0 aliphatic heterocycles. The molecular weight excluding hydrogens is 380 g/mol. The molecule has 0 bridgehead atoms. The van der Waals surface area contributed by atoms with Crippen LogP contribution in [0.15, 0.2) is 71.6 Å². The molecule has 0 aliphatic carbocycles. The van der Waals surface area contributed by atoms with Gasteiger partial charge in [-0.1, -0.05) is 42.5 Å². The highest BCUT2D eigenvalue weighted by Crippen LogP contribution is 2.34. The van der Waals surface area contributed by atoms with E-state index in [9.17, 15) is 17.2 Å². The summed E-state index contributed by atoms with van der Waals surface area (Å²) in [4.78, 5) is -0.181. The Labute approximate surface area is 164 Å². The topological polar surface area (TPSA) is 37.4 Å². The van der Waals surface area contributed by atoms with E-state index in [1.165, 1.54) is 24.3 Å². The van der Waals surface area contributed by atoms with E-state index in [1.807, 2.05) is 6.07 Å². The summed E-state index contributed by atoms with van der Waals surface area (Å²) in [6.45, 7) is 4.88. The number of sulfonamides is 1. The van der Waals surface area contributed by atoms with Crippen LogP contribution in [0.3, 0.4) is 0 Å². The molecule has 0 N–H and O–H groups in total. The van der Waals surface area contributed by atoms with Crippen molar-refractivity contribution in [2.45, 2.75) is 31.7 Å². The summed E-state index contributed by atoms with van der Waals surface area (Å²) in [6, 6.07) is 16.5. The number of halogens is 2. The van der Waals surface area contributed by atoms with Gasteiger partial charge in [0.25, 0.3) is 10.0 Å². The molecule has 3 rings (SSSR count). The first kappa shape index (κ1) is 20.0. The Hall–Kier alpha value is -2.73. The number of aryl methyl sites for hydroxylation is 2. The Bertz CT molecular complexity index is 1100. The molecule has 0 spiro atoms. The molecule has 6 heteroatoms. The Kier molecular flexibility index (Phi) is 5.52. The highest BCUT2D eigenvalue weighted by Gasteiger charge is 2.31. The molecule has 146 valence electrons. The quantitative estimate of drug-likeness (QED) is 0.563. The van der Waals surface area contributed by atoms with E-state index in [-0.39, 0.29) is 10.6 Å². The highest BCUT2D eigenvalue weighted by molar-refractivity contribution is 7.92. The maximum atomic E-state index is 14.2. The average Bonchev–Trinajstić information content (AvgIpc) is 2.67.